The Kier molecular flexibility index (Phi) is 4.97. The van der Waals surface area contributed by atoms with E-state index in [1.165, 1.54) is 0 Å². The maximum Gasteiger partial charge on any atom is 0.326 e. The highest BCUT2D eigenvalue weighted by Gasteiger charge is 2.25. The van der Waals surface area contributed by atoms with Gasteiger partial charge in [-0.1, -0.05) is 0 Å². The van der Waals surface area contributed by atoms with Crippen LogP contribution in [0.2, 0.25) is 0 Å². The van der Waals surface area contributed by atoms with Crippen LogP contribution in [0.4, 0.5) is 15.8 Å². The highest BCUT2D eigenvalue weighted by atomic mass is 79.9. The van der Waals surface area contributed by atoms with Gasteiger partial charge < -0.3 is 15.5 Å². The normalized spacial score (nSPS) is 11.7. The van der Waals surface area contributed by atoms with E-state index in [0.717, 1.165) is 12.1 Å². The van der Waals surface area contributed by atoms with Crippen molar-refractivity contribution < 1.29 is 29.1 Å². The molecule has 20 heavy (non-hydrogen) atoms. The van der Waals surface area contributed by atoms with E-state index in [1.54, 1.807) is 0 Å². The Bertz CT molecular complexity index is 579. The van der Waals surface area contributed by atoms with Crippen LogP contribution in [0.25, 0.3) is 0 Å². The van der Waals surface area contributed by atoms with Gasteiger partial charge in [0.1, 0.15) is 17.5 Å². The quantitative estimate of drug-likeness (QED) is 0.527. The summed E-state index contributed by atoms with van der Waals surface area (Å²) in [7, 11) is 0. The van der Waals surface area contributed by atoms with E-state index in [0.29, 0.717) is 0 Å². The summed E-state index contributed by atoms with van der Waals surface area (Å²) in [5, 5.41) is 30.4. The Morgan fingerprint density at radius 3 is 2.50 bits per heavy atom. The molecule has 0 spiro atoms. The summed E-state index contributed by atoms with van der Waals surface area (Å²) >= 11 is 2.77. The second-order valence-corrected chi connectivity index (χ2v) is 4.53. The monoisotopic (exact) mass is 350 g/mol. The molecule has 0 bridgehead atoms. The number of nitrogens with one attached hydrogen (secondary N) is 1. The van der Waals surface area contributed by atoms with Gasteiger partial charge >= 0.3 is 11.9 Å². The first-order chi connectivity index (χ1) is 9.22. The van der Waals surface area contributed by atoms with Gasteiger partial charge in [0.15, 0.2) is 0 Å². The average molecular weight is 351 g/mol. The van der Waals surface area contributed by atoms with Crippen LogP contribution < -0.4 is 5.32 Å². The van der Waals surface area contributed by atoms with Crippen LogP contribution in [0.3, 0.4) is 0 Å². The number of nitro groups is 1. The molecule has 1 aromatic rings. The van der Waals surface area contributed by atoms with E-state index >= 15 is 0 Å². The fraction of sp³-hybridized carbons (Fsp3) is 0.200. The van der Waals surface area contributed by atoms with Gasteiger partial charge in [0.05, 0.1) is 15.8 Å². The molecule has 10 heteroatoms. The number of rotatable bonds is 6. The van der Waals surface area contributed by atoms with Gasteiger partial charge in [0, 0.05) is 12.1 Å². The van der Waals surface area contributed by atoms with Crippen LogP contribution >= 0.6 is 15.9 Å². The molecule has 0 radical (unpaired) electrons. The maximum absolute atomic E-state index is 13.4. The van der Waals surface area contributed by atoms with Crippen LogP contribution in [-0.2, 0) is 9.59 Å². The Balaban J connectivity index is 3.17. The SMILES string of the molecule is O=C(O)CC(Nc1cc(F)c(Br)cc1[N+](=O)[O-])C(=O)O. The molecule has 1 rings (SSSR count). The Morgan fingerprint density at radius 2 is 2.05 bits per heavy atom. The number of benzene rings is 1. The number of nitrogens with zero attached hydrogens (tertiary/aromatic N) is 1. The minimum Gasteiger partial charge on any atom is -0.481 e. The molecule has 0 heterocycles. The number of carboxylic acids is 2. The first-order valence-electron chi connectivity index (χ1n) is 5.07. The highest BCUT2D eigenvalue weighted by Crippen LogP contribution is 2.31. The summed E-state index contributed by atoms with van der Waals surface area (Å²) in [6, 6.07) is -0.0380. The van der Waals surface area contributed by atoms with Gasteiger partial charge in [-0.05, 0) is 15.9 Å². The molecule has 1 aromatic carbocycles. The van der Waals surface area contributed by atoms with E-state index in [9.17, 15) is 24.1 Å². The summed E-state index contributed by atoms with van der Waals surface area (Å²) in [5.41, 5.74) is -0.987. The van der Waals surface area contributed by atoms with Crippen molar-refractivity contribution in [2.75, 3.05) is 5.32 Å². The molecule has 1 unspecified atom stereocenters. The lowest BCUT2D eigenvalue weighted by Crippen LogP contribution is -2.32. The summed E-state index contributed by atoms with van der Waals surface area (Å²) in [6.07, 6.45) is -0.815. The standard InChI is InChI=1S/C10H8BrFN2O6/c11-4-1-8(14(19)20)6(2-5(4)12)13-7(10(17)18)3-9(15)16/h1-2,7,13H,3H2,(H,15,16)(H,17,18). The number of hydrogen-bond acceptors (Lipinski definition) is 5. The van der Waals surface area contributed by atoms with Gasteiger partial charge in [-0.2, -0.15) is 0 Å². The summed E-state index contributed by atoms with van der Waals surface area (Å²) in [6.45, 7) is 0. The first kappa shape index (κ1) is 15.8. The van der Waals surface area contributed by atoms with Crippen molar-refractivity contribution in [3.63, 3.8) is 0 Å². The Morgan fingerprint density at radius 1 is 1.45 bits per heavy atom. The summed E-state index contributed by atoms with van der Waals surface area (Å²) < 4.78 is 13.2. The average Bonchev–Trinajstić information content (AvgIpc) is 2.31. The highest BCUT2D eigenvalue weighted by molar-refractivity contribution is 9.10. The number of nitro benzene ring substituents is 1. The molecule has 0 saturated heterocycles. The van der Waals surface area contributed by atoms with Crippen molar-refractivity contribution in [2.24, 2.45) is 0 Å². The fourth-order valence-corrected chi connectivity index (χ4v) is 1.70. The number of hydrogen-bond donors (Lipinski definition) is 3. The zero-order valence-electron chi connectivity index (χ0n) is 9.67. The summed E-state index contributed by atoms with van der Waals surface area (Å²) in [5.74, 6) is -3.78. The van der Waals surface area contributed by atoms with Crippen molar-refractivity contribution in [3.05, 3.63) is 32.5 Å². The fourth-order valence-electron chi connectivity index (χ4n) is 1.37. The third-order valence-electron chi connectivity index (χ3n) is 2.24. The van der Waals surface area contributed by atoms with Crippen molar-refractivity contribution in [2.45, 2.75) is 12.5 Å². The lowest BCUT2D eigenvalue weighted by atomic mass is 10.1. The molecule has 1 atom stereocenters. The molecule has 0 aliphatic heterocycles. The molecule has 0 aliphatic carbocycles. The number of aliphatic carboxylic acids is 2. The van der Waals surface area contributed by atoms with Crippen molar-refractivity contribution in [3.8, 4) is 0 Å². The van der Waals surface area contributed by atoms with Crippen molar-refractivity contribution in [1.29, 1.82) is 0 Å². The zero-order valence-corrected chi connectivity index (χ0v) is 11.3. The maximum atomic E-state index is 13.4. The minimum absolute atomic E-state index is 0.167. The van der Waals surface area contributed by atoms with Crippen molar-refractivity contribution in [1.82, 2.24) is 0 Å². The van der Waals surface area contributed by atoms with E-state index in [4.69, 9.17) is 10.2 Å². The van der Waals surface area contributed by atoms with Crippen LogP contribution in [0.5, 0.6) is 0 Å². The number of halogens is 2. The molecule has 8 nitrogen and oxygen atoms in total. The smallest absolute Gasteiger partial charge is 0.326 e. The van der Waals surface area contributed by atoms with E-state index in [-0.39, 0.29) is 4.47 Å². The molecule has 108 valence electrons. The molecule has 0 aromatic heterocycles. The molecular weight excluding hydrogens is 343 g/mol. The van der Waals surface area contributed by atoms with Gasteiger partial charge in [-0.25, -0.2) is 9.18 Å². The van der Waals surface area contributed by atoms with E-state index in [2.05, 4.69) is 21.2 Å². The number of anilines is 1. The van der Waals surface area contributed by atoms with Crippen molar-refractivity contribution >= 4 is 39.2 Å². The third-order valence-corrected chi connectivity index (χ3v) is 2.85. The van der Waals surface area contributed by atoms with Gasteiger partial charge in [-0.15, -0.1) is 0 Å². The topological polar surface area (TPSA) is 130 Å². The molecule has 0 aliphatic rings. The van der Waals surface area contributed by atoms with E-state index < -0.39 is 46.5 Å². The third kappa shape index (κ3) is 3.88. The van der Waals surface area contributed by atoms with Crippen LogP contribution in [-0.4, -0.2) is 33.1 Å². The summed E-state index contributed by atoms with van der Waals surface area (Å²) in [4.78, 5) is 31.4. The number of carboxylic acid groups (broad SMARTS) is 2. The minimum atomic E-state index is -1.62. The first-order valence-corrected chi connectivity index (χ1v) is 5.86. The molecule has 0 saturated carbocycles. The predicted molar refractivity (Wildman–Crippen MR) is 68.1 cm³/mol. The largest absolute Gasteiger partial charge is 0.481 e. The molecule has 0 amide bonds. The lowest BCUT2D eigenvalue weighted by molar-refractivity contribution is -0.384. The Hall–Kier alpha value is -2.23. The van der Waals surface area contributed by atoms with Crippen LogP contribution in [0, 0.1) is 15.9 Å². The van der Waals surface area contributed by atoms with Crippen LogP contribution in [0.15, 0.2) is 16.6 Å². The van der Waals surface area contributed by atoms with Gasteiger partial charge in [-0.3, -0.25) is 14.9 Å². The second kappa shape index (κ2) is 6.28. The van der Waals surface area contributed by atoms with Gasteiger partial charge in [0.2, 0.25) is 0 Å². The van der Waals surface area contributed by atoms with Crippen LogP contribution in [0.1, 0.15) is 6.42 Å². The van der Waals surface area contributed by atoms with Gasteiger partial charge in [0.25, 0.3) is 5.69 Å². The molecule has 0 fully saturated rings. The predicted octanol–water partition coefficient (Wildman–Crippen LogP) is 1.84. The molecular formula is C10H8BrFN2O6. The molecule has 3 N–H and O–H groups in total. The number of carbonyl (C=O) groups is 2. The lowest BCUT2D eigenvalue weighted by Gasteiger charge is -2.14. The second-order valence-electron chi connectivity index (χ2n) is 3.67. The Labute approximate surface area is 119 Å². The van der Waals surface area contributed by atoms with E-state index in [1.807, 2.05) is 0 Å². The zero-order chi connectivity index (χ0) is 15.4.